The molecule has 10 heteroatoms. The summed E-state index contributed by atoms with van der Waals surface area (Å²) in [6.45, 7) is 6.66. The molecule has 0 aromatic heterocycles. The number of benzene rings is 2. The SMILES string of the molecule is Cc1ccc(S(=O)(=O)O[C@@H]2[C@@H](OS(=O)(=O)c3ccc(C)cc3)[C@@H](C)OCO[C@H]2C)cc1. The fraction of sp³-hybridized carbons (Fsp3) is 0.429. The lowest BCUT2D eigenvalue weighted by Gasteiger charge is -2.29. The summed E-state index contributed by atoms with van der Waals surface area (Å²) >= 11 is 0. The first kappa shape index (κ1) is 23.8. The largest absolute Gasteiger partial charge is 0.350 e. The van der Waals surface area contributed by atoms with Crippen molar-refractivity contribution in [3.63, 3.8) is 0 Å². The molecule has 3 rings (SSSR count). The molecule has 0 amide bonds. The predicted molar refractivity (Wildman–Crippen MR) is 112 cm³/mol. The number of ether oxygens (including phenoxy) is 2. The first-order chi connectivity index (χ1) is 14.5. The monoisotopic (exact) mass is 470 g/mol. The summed E-state index contributed by atoms with van der Waals surface area (Å²) in [6.07, 6.45) is -4.15. The summed E-state index contributed by atoms with van der Waals surface area (Å²) in [7, 11) is -8.44. The maximum absolute atomic E-state index is 12.9. The zero-order chi connectivity index (χ0) is 22.8. The summed E-state index contributed by atoms with van der Waals surface area (Å²) in [4.78, 5) is -0.105. The van der Waals surface area contributed by atoms with Crippen LogP contribution in [0.4, 0.5) is 0 Å². The summed E-state index contributed by atoms with van der Waals surface area (Å²) in [5, 5.41) is 0. The fourth-order valence-corrected chi connectivity index (χ4v) is 5.34. The first-order valence-corrected chi connectivity index (χ1v) is 12.5. The van der Waals surface area contributed by atoms with Gasteiger partial charge in [0.25, 0.3) is 20.2 Å². The second-order valence-electron chi connectivity index (χ2n) is 7.52. The van der Waals surface area contributed by atoms with Crippen LogP contribution >= 0.6 is 0 Å². The highest BCUT2D eigenvalue weighted by Gasteiger charge is 2.43. The van der Waals surface area contributed by atoms with E-state index in [4.69, 9.17) is 17.8 Å². The van der Waals surface area contributed by atoms with E-state index in [0.717, 1.165) is 11.1 Å². The smallest absolute Gasteiger partial charge is 0.297 e. The molecule has 31 heavy (non-hydrogen) atoms. The minimum absolute atomic E-state index is 0.0525. The van der Waals surface area contributed by atoms with Crippen molar-refractivity contribution in [3.05, 3.63) is 59.7 Å². The van der Waals surface area contributed by atoms with E-state index in [0.29, 0.717) is 0 Å². The van der Waals surface area contributed by atoms with Crippen LogP contribution < -0.4 is 0 Å². The Bertz CT molecular complexity index is 1000. The highest BCUT2D eigenvalue weighted by atomic mass is 32.2. The highest BCUT2D eigenvalue weighted by molar-refractivity contribution is 7.87. The molecule has 1 aliphatic heterocycles. The Kier molecular flexibility index (Phi) is 7.19. The van der Waals surface area contributed by atoms with Gasteiger partial charge >= 0.3 is 0 Å². The molecule has 0 unspecified atom stereocenters. The van der Waals surface area contributed by atoms with E-state index >= 15 is 0 Å². The zero-order valence-corrected chi connectivity index (χ0v) is 19.4. The molecule has 170 valence electrons. The topological polar surface area (TPSA) is 105 Å². The van der Waals surface area contributed by atoms with Gasteiger partial charge < -0.3 is 9.47 Å². The molecule has 0 aliphatic carbocycles. The van der Waals surface area contributed by atoms with Gasteiger partial charge in [0.1, 0.15) is 19.0 Å². The molecule has 1 saturated heterocycles. The first-order valence-electron chi connectivity index (χ1n) is 9.73. The third kappa shape index (κ3) is 5.71. The van der Waals surface area contributed by atoms with Crippen molar-refractivity contribution in [2.24, 2.45) is 0 Å². The van der Waals surface area contributed by atoms with Crippen molar-refractivity contribution in [2.75, 3.05) is 6.79 Å². The maximum Gasteiger partial charge on any atom is 0.297 e. The van der Waals surface area contributed by atoms with Crippen LogP contribution in [0.15, 0.2) is 58.3 Å². The summed E-state index contributed by atoms with van der Waals surface area (Å²) in [6, 6.07) is 12.3. The molecule has 0 radical (unpaired) electrons. The van der Waals surface area contributed by atoms with Gasteiger partial charge in [0.05, 0.1) is 22.0 Å². The molecule has 2 aromatic rings. The minimum Gasteiger partial charge on any atom is -0.350 e. The van der Waals surface area contributed by atoms with E-state index < -0.39 is 44.7 Å². The van der Waals surface area contributed by atoms with Gasteiger partial charge in [-0.05, 0) is 52.0 Å². The van der Waals surface area contributed by atoms with Crippen molar-refractivity contribution in [3.8, 4) is 0 Å². The molecule has 0 bridgehead atoms. The van der Waals surface area contributed by atoms with Crippen LogP contribution in [-0.4, -0.2) is 48.0 Å². The van der Waals surface area contributed by atoms with Gasteiger partial charge in [-0.2, -0.15) is 16.8 Å². The van der Waals surface area contributed by atoms with Crippen LogP contribution in [0.3, 0.4) is 0 Å². The molecular formula is C21H26O8S2. The second-order valence-corrected chi connectivity index (χ2v) is 10.7. The predicted octanol–water partition coefficient (Wildman–Crippen LogP) is 2.93. The van der Waals surface area contributed by atoms with Crippen molar-refractivity contribution < 1.29 is 34.7 Å². The van der Waals surface area contributed by atoms with Gasteiger partial charge in [-0.1, -0.05) is 35.4 Å². The Labute approximate surface area is 183 Å². The van der Waals surface area contributed by atoms with Crippen LogP contribution in [0.2, 0.25) is 0 Å². The van der Waals surface area contributed by atoms with Crippen LogP contribution in [0, 0.1) is 13.8 Å². The third-order valence-corrected chi connectivity index (χ3v) is 7.66. The van der Waals surface area contributed by atoms with Gasteiger partial charge in [-0.3, -0.25) is 8.37 Å². The molecule has 4 atom stereocenters. The van der Waals surface area contributed by atoms with Crippen LogP contribution in [0.1, 0.15) is 25.0 Å². The molecule has 2 aromatic carbocycles. The molecule has 8 nitrogen and oxygen atoms in total. The fourth-order valence-electron chi connectivity index (χ4n) is 3.06. The number of hydrogen-bond acceptors (Lipinski definition) is 8. The Hall–Kier alpha value is -1.82. The number of hydrogen-bond donors (Lipinski definition) is 0. The Morgan fingerprint density at radius 2 is 1.00 bits per heavy atom. The van der Waals surface area contributed by atoms with E-state index in [2.05, 4.69) is 0 Å². The average Bonchev–Trinajstić information content (AvgIpc) is 2.82. The van der Waals surface area contributed by atoms with Gasteiger partial charge in [-0.15, -0.1) is 0 Å². The zero-order valence-electron chi connectivity index (χ0n) is 17.7. The Morgan fingerprint density at radius 1 is 0.677 bits per heavy atom. The minimum atomic E-state index is -4.22. The van der Waals surface area contributed by atoms with E-state index in [1.807, 2.05) is 13.8 Å². The van der Waals surface area contributed by atoms with Crippen molar-refractivity contribution in [1.82, 2.24) is 0 Å². The van der Waals surface area contributed by atoms with Gasteiger partial charge in [-0.25, -0.2) is 0 Å². The second kappa shape index (κ2) is 9.35. The van der Waals surface area contributed by atoms with Gasteiger partial charge in [0, 0.05) is 0 Å². The van der Waals surface area contributed by atoms with Crippen LogP contribution in [0.25, 0.3) is 0 Å². The van der Waals surface area contributed by atoms with E-state index in [1.54, 1.807) is 38.1 Å². The average molecular weight is 471 g/mol. The van der Waals surface area contributed by atoms with Crippen molar-refractivity contribution >= 4 is 20.2 Å². The van der Waals surface area contributed by atoms with E-state index in [1.165, 1.54) is 24.3 Å². The number of rotatable bonds is 6. The van der Waals surface area contributed by atoms with E-state index in [-0.39, 0.29) is 16.6 Å². The lowest BCUT2D eigenvalue weighted by atomic mass is 10.1. The van der Waals surface area contributed by atoms with Crippen LogP contribution in [-0.2, 0) is 38.1 Å². The van der Waals surface area contributed by atoms with Crippen LogP contribution in [0.5, 0.6) is 0 Å². The van der Waals surface area contributed by atoms with E-state index in [9.17, 15) is 16.8 Å². The lowest BCUT2D eigenvalue weighted by Crippen LogP contribution is -2.46. The summed E-state index contributed by atoms with van der Waals surface area (Å²) in [5.41, 5.74) is 1.77. The molecule has 0 N–H and O–H groups in total. The molecule has 1 aliphatic rings. The molecular weight excluding hydrogens is 444 g/mol. The highest BCUT2D eigenvalue weighted by Crippen LogP contribution is 2.28. The molecule has 0 spiro atoms. The molecule has 0 saturated carbocycles. The molecule has 1 heterocycles. The number of aryl methyl sites for hydroxylation is 2. The van der Waals surface area contributed by atoms with Gasteiger partial charge in [0.2, 0.25) is 0 Å². The Morgan fingerprint density at radius 3 is 1.32 bits per heavy atom. The maximum atomic E-state index is 12.9. The summed E-state index contributed by atoms with van der Waals surface area (Å²) < 4.78 is 73.3. The third-order valence-electron chi connectivity index (χ3n) is 5.01. The Balaban J connectivity index is 1.93. The van der Waals surface area contributed by atoms with Gasteiger partial charge in [0.15, 0.2) is 0 Å². The van der Waals surface area contributed by atoms with Crippen molar-refractivity contribution in [1.29, 1.82) is 0 Å². The lowest BCUT2D eigenvalue weighted by molar-refractivity contribution is -0.0948. The standard InChI is InChI=1S/C21H26O8S2/c1-14-5-9-18(10-6-14)30(22,23)28-20-16(3)26-13-27-17(4)21(20)29-31(24,25)19-11-7-15(2)8-12-19/h5-12,16-17,20-21H,13H2,1-4H3/t16-,17+,20-,21-/m0/s1. The summed E-state index contributed by atoms with van der Waals surface area (Å²) in [5.74, 6) is 0. The quantitative estimate of drug-likeness (QED) is 0.594. The van der Waals surface area contributed by atoms with Crippen molar-refractivity contribution in [2.45, 2.75) is 61.9 Å². The normalized spacial score (nSPS) is 25.2. The molecule has 1 fully saturated rings.